The largest absolute Gasteiger partial charge is 0.440 e. The molecule has 128 valence electrons. The highest BCUT2D eigenvalue weighted by Crippen LogP contribution is 2.47. The summed E-state index contributed by atoms with van der Waals surface area (Å²) in [6.45, 7) is 1.44. The number of carbonyl (C=O) groups excluding carboxylic acids is 1. The third-order valence-electron chi connectivity index (χ3n) is 4.67. The molecule has 0 amide bonds. The molecule has 1 aliphatic heterocycles. The van der Waals surface area contributed by atoms with Gasteiger partial charge in [-0.3, -0.25) is 14.8 Å². The molecular weight excluding hydrogens is 333 g/mol. The zero-order valence-corrected chi connectivity index (χ0v) is 13.9. The number of nitrogens with one attached hydrogen (secondary N) is 1. The second kappa shape index (κ2) is 5.81. The Morgan fingerprint density at radius 2 is 1.92 bits per heavy atom. The van der Waals surface area contributed by atoms with Crippen LogP contribution in [0.3, 0.4) is 0 Å². The molecule has 5 nitrogen and oxygen atoms in total. The zero-order chi connectivity index (χ0) is 18.4. The van der Waals surface area contributed by atoms with Crippen molar-refractivity contribution in [3.8, 4) is 11.8 Å². The molecule has 4 rings (SSSR count). The van der Waals surface area contributed by atoms with Crippen LogP contribution in [0.1, 0.15) is 28.9 Å². The lowest BCUT2D eigenvalue weighted by Crippen LogP contribution is -2.32. The number of nitriles is 1. The van der Waals surface area contributed by atoms with Crippen LogP contribution in [0, 0.1) is 28.5 Å². The first-order valence-electron chi connectivity index (χ1n) is 8.08. The molecule has 26 heavy (non-hydrogen) atoms. The summed E-state index contributed by atoms with van der Waals surface area (Å²) in [4.78, 5) is 12.4. The molecule has 2 heterocycles. The fourth-order valence-electron chi connectivity index (χ4n) is 3.59. The van der Waals surface area contributed by atoms with Crippen LogP contribution in [-0.4, -0.2) is 16.4 Å². The first-order chi connectivity index (χ1) is 12.5. The second-order valence-electron chi connectivity index (χ2n) is 6.19. The van der Waals surface area contributed by atoms with Gasteiger partial charge in [-0.2, -0.15) is 5.26 Å². The Hall–Kier alpha value is -3.46. The van der Waals surface area contributed by atoms with Gasteiger partial charge in [0.05, 0.1) is 23.2 Å². The van der Waals surface area contributed by atoms with Crippen molar-refractivity contribution in [1.29, 1.82) is 10.7 Å². The topological polar surface area (TPSA) is 78.9 Å². The van der Waals surface area contributed by atoms with E-state index in [1.165, 1.54) is 23.6 Å². The number of aromatic nitrogens is 1. The lowest BCUT2D eigenvalue weighted by Gasteiger charge is -2.29. The van der Waals surface area contributed by atoms with E-state index in [-0.39, 0.29) is 11.8 Å². The van der Waals surface area contributed by atoms with Gasteiger partial charge >= 0.3 is 0 Å². The van der Waals surface area contributed by atoms with Crippen molar-refractivity contribution in [2.45, 2.75) is 12.8 Å². The van der Waals surface area contributed by atoms with Gasteiger partial charge in [-0.1, -0.05) is 24.3 Å². The second-order valence-corrected chi connectivity index (χ2v) is 6.19. The van der Waals surface area contributed by atoms with Crippen LogP contribution >= 0.6 is 0 Å². The van der Waals surface area contributed by atoms with Gasteiger partial charge in [0.25, 0.3) is 0 Å². The molecule has 2 aromatic carbocycles. The van der Waals surface area contributed by atoms with Crippen LogP contribution < -0.4 is 4.74 Å². The number of carbonyl (C=O) groups is 1. The zero-order valence-electron chi connectivity index (χ0n) is 13.9. The quantitative estimate of drug-likeness (QED) is 0.720. The van der Waals surface area contributed by atoms with Gasteiger partial charge in [0.1, 0.15) is 11.7 Å². The van der Waals surface area contributed by atoms with Gasteiger partial charge in [-0.05, 0) is 29.8 Å². The Balaban J connectivity index is 2.09. The third kappa shape index (κ3) is 2.21. The molecular formula is C20H14FN3O2. The van der Waals surface area contributed by atoms with Crippen LogP contribution in [0.2, 0.25) is 0 Å². The van der Waals surface area contributed by atoms with E-state index >= 15 is 0 Å². The van der Waals surface area contributed by atoms with E-state index in [1.54, 1.807) is 18.2 Å². The van der Waals surface area contributed by atoms with Crippen molar-refractivity contribution in [3.63, 3.8) is 0 Å². The Morgan fingerprint density at radius 1 is 1.23 bits per heavy atom. The summed E-state index contributed by atoms with van der Waals surface area (Å²) in [7, 11) is 0. The SMILES string of the molecule is CC(=O)n1c2c(c3ccccc31)OC(=N)C(C#N)C2c1ccc(F)cc1. The Bertz CT molecular complexity index is 1090. The number of fused-ring (bicyclic) bond motifs is 3. The molecule has 1 aromatic heterocycles. The molecule has 2 atom stereocenters. The van der Waals surface area contributed by atoms with Gasteiger partial charge in [-0.15, -0.1) is 0 Å². The van der Waals surface area contributed by atoms with Crippen molar-refractivity contribution in [2.24, 2.45) is 5.92 Å². The molecule has 0 radical (unpaired) electrons. The molecule has 1 N–H and O–H groups in total. The Labute approximate surface area is 148 Å². The molecule has 1 aliphatic rings. The summed E-state index contributed by atoms with van der Waals surface area (Å²) >= 11 is 0. The van der Waals surface area contributed by atoms with Crippen LogP contribution in [0.15, 0.2) is 48.5 Å². The normalized spacial score (nSPS) is 18.9. The van der Waals surface area contributed by atoms with E-state index in [4.69, 9.17) is 10.1 Å². The standard InChI is InChI=1S/C20H14FN3O2/c1-11(25)24-16-5-3-2-4-14(16)19-18(24)17(15(10-22)20(23)26-19)12-6-8-13(21)9-7-12/h2-9,15,17,23H,1H3. The highest BCUT2D eigenvalue weighted by molar-refractivity contribution is 6.01. The minimum Gasteiger partial charge on any atom is -0.440 e. The number of rotatable bonds is 1. The third-order valence-corrected chi connectivity index (χ3v) is 4.67. The maximum atomic E-state index is 13.4. The molecule has 0 saturated heterocycles. The average molecular weight is 347 g/mol. The van der Waals surface area contributed by atoms with E-state index in [0.29, 0.717) is 27.9 Å². The van der Waals surface area contributed by atoms with Crippen molar-refractivity contribution >= 4 is 22.7 Å². The highest BCUT2D eigenvalue weighted by atomic mass is 19.1. The number of nitrogens with zero attached hydrogens (tertiary/aromatic N) is 2. The lowest BCUT2D eigenvalue weighted by molar-refractivity contribution is 0.0936. The van der Waals surface area contributed by atoms with E-state index in [1.807, 2.05) is 18.2 Å². The minimum absolute atomic E-state index is 0.180. The summed E-state index contributed by atoms with van der Waals surface area (Å²) < 4.78 is 20.6. The number of halogens is 1. The number of hydrogen-bond donors (Lipinski definition) is 1. The molecule has 0 spiro atoms. The molecule has 0 fully saturated rings. The number of benzene rings is 2. The van der Waals surface area contributed by atoms with Crippen molar-refractivity contribution in [1.82, 2.24) is 4.57 Å². The fourth-order valence-corrected chi connectivity index (χ4v) is 3.59. The van der Waals surface area contributed by atoms with Crippen molar-refractivity contribution < 1.29 is 13.9 Å². The summed E-state index contributed by atoms with van der Waals surface area (Å²) in [6.07, 6.45) is 0. The maximum absolute atomic E-state index is 13.4. The number of ether oxygens (including phenoxy) is 1. The van der Waals surface area contributed by atoms with Gasteiger partial charge in [0.2, 0.25) is 11.8 Å². The predicted molar refractivity (Wildman–Crippen MR) is 93.9 cm³/mol. The number of para-hydroxylation sites is 1. The summed E-state index contributed by atoms with van der Waals surface area (Å²) in [5.41, 5.74) is 1.83. The molecule has 6 heteroatoms. The summed E-state index contributed by atoms with van der Waals surface area (Å²) in [5, 5.41) is 18.5. The molecule has 0 saturated carbocycles. The fraction of sp³-hybridized carbons (Fsp3) is 0.150. The van der Waals surface area contributed by atoms with Gasteiger partial charge in [0, 0.05) is 12.3 Å². The summed E-state index contributed by atoms with van der Waals surface area (Å²) in [6, 6.07) is 15.1. The van der Waals surface area contributed by atoms with E-state index in [0.717, 1.165) is 0 Å². The minimum atomic E-state index is -0.907. The van der Waals surface area contributed by atoms with E-state index in [2.05, 4.69) is 6.07 Å². The van der Waals surface area contributed by atoms with Gasteiger partial charge in [0.15, 0.2) is 5.75 Å². The van der Waals surface area contributed by atoms with Crippen molar-refractivity contribution in [2.75, 3.05) is 0 Å². The van der Waals surface area contributed by atoms with Crippen LogP contribution in [-0.2, 0) is 0 Å². The van der Waals surface area contributed by atoms with E-state index < -0.39 is 17.7 Å². The monoisotopic (exact) mass is 347 g/mol. The molecule has 0 aliphatic carbocycles. The first kappa shape index (κ1) is 16.0. The van der Waals surface area contributed by atoms with Gasteiger partial charge < -0.3 is 4.74 Å². The van der Waals surface area contributed by atoms with Crippen LogP contribution in [0.25, 0.3) is 10.9 Å². The Kier molecular flexibility index (Phi) is 3.58. The first-order valence-corrected chi connectivity index (χ1v) is 8.08. The molecule has 0 bridgehead atoms. The predicted octanol–water partition coefficient (Wildman–Crippen LogP) is 4.08. The van der Waals surface area contributed by atoms with Gasteiger partial charge in [-0.25, -0.2) is 4.39 Å². The van der Waals surface area contributed by atoms with Crippen molar-refractivity contribution in [3.05, 3.63) is 65.6 Å². The maximum Gasteiger partial charge on any atom is 0.228 e. The Morgan fingerprint density at radius 3 is 2.58 bits per heavy atom. The average Bonchev–Trinajstić information content (AvgIpc) is 2.95. The van der Waals surface area contributed by atoms with Crippen LogP contribution in [0.5, 0.6) is 5.75 Å². The molecule has 2 unspecified atom stereocenters. The van der Waals surface area contributed by atoms with Crippen LogP contribution in [0.4, 0.5) is 4.39 Å². The smallest absolute Gasteiger partial charge is 0.228 e. The lowest BCUT2D eigenvalue weighted by atomic mass is 9.82. The molecule has 3 aromatic rings. The number of hydrogen-bond acceptors (Lipinski definition) is 4. The van der Waals surface area contributed by atoms with E-state index in [9.17, 15) is 14.4 Å². The summed E-state index contributed by atoms with van der Waals surface area (Å²) in [5.74, 6) is -1.90. The highest BCUT2D eigenvalue weighted by Gasteiger charge is 2.41.